The minimum Gasteiger partial charge on any atom is -0.478 e. The lowest BCUT2D eigenvalue weighted by Gasteiger charge is -2.17. The van der Waals surface area contributed by atoms with Gasteiger partial charge in [0, 0.05) is 13.1 Å². The van der Waals surface area contributed by atoms with Crippen LogP contribution in [0.5, 0.6) is 0 Å². The molecule has 1 aromatic carbocycles. The van der Waals surface area contributed by atoms with Gasteiger partial charge in [-0.1, -0.05) is 6.07 Å². The second-order valence-corrected chi connectivity index (χ2v) is 4.51. The summed E-state index contributed by atoms with van der Waals surface area (Å²) in [6, 6.07) is 4.70. The van der Waals surface area contributed by atoms with Gasteiger partial charge in [0.25, 0.3) is 0 Å². The van der Waals surface area contributed by atoms with Crippen LogP contribution in [0.4, 0.5) is 11.4 Å². The van der Waals surface area contributed by atoms with E-state index in [4.69, 9.17) is 10.8 Å². The number of nitrogen functional groups attached to an aromatic ring is 1. The predicted octanol–water partition coefficient (Wildman–Crippen LogP) is 1.00. The monoisotopic (exact) mass is 263 g/mol. The quantitative estimate of drug-likeness (QED) is 0.704. The first-order chi connectivity index (χ1) is 9.09. The van der Waals surface area contributed by atoms with Crippen molar-refractivity contribution in [2.24, 2.45) is 0 Å². The van der Waals surface area contributed by atoms with Gasteiger partial charge in [-0.2, -0.15) is 0 Å². The number of hydrogen-bond acceptors (Lipinski definition) is 4. The summed E-state index contributed by atoms with van der Waals surface area (Å²) in [4.78, 5) is 24.6. The molecule has 0 aliphatic carbocycles. The number of carboxylic acid groups (broad SMARTS) is 1. The second kappa shape index (κ2) is 5.60. The van der Waals surface area contributed by atoms with Crippen LogP contribution in [0.25, 0.3) is 0 Å². The van der Waals surface area contributed by atoms with Crippen molar-refractivity contribution in [1.82, 2.24) is 4.90 Å². The molecule has 0 saturated carbocycles. The molecule has 0 unspecified atom stereocenters. The first-order valence-corrected chi connectivity index (χ1v) is 6.23. The molecular weight excluding hydrogens is 246 g/mol. The fraction of sp³-hybridized carbons (Fsp3) is 0.385. The Bertz CT molecular complexity index is 496. The largest absolute Gasteiger partial charge is 0.478 e. The van der Waals surface area contributed by atoms with Gasteiger partial charge in [0.2, 0.25) is 5.91 Å². The van der Waals surface area contributed by atoms with Crippen LogP contribution < -0.4 is 11.1 Å². The molecule has 6 nitrogen and oxygen atoms in total. The standard InChI is InChI=1S/C13H17N3O3/c14-12-9(13(18)19)4-3-5-10(12)15-8-11(17)16-6-1-2-7-16/h3-5,15H,1-2,6-8,14H2,(H,18,19). The molecule has 6 heteroatoms. The van der Waals surface area contributed by atoms with Crippen LogP contribution in [0.1, 0.15) is 23.2 Å². The molecule has 1 fully saturated rings. The van der Waals surface area contributed by atoms with Gasteiger partial charge in [0.15, 0.2) is 0 Å². The van der Waals surface area contributed by atoms with E-state index in [1.807, 2.05) is 0 Å². The fourth-order valence-electron chi connectivity index (χ4n) is 2.16. The first kappa shape index (κ1) is 13.2. The molecule has 0 aromatic heterocycles. The van der Waals surface area contributed by atoms with Gasteiger partial charge < -0.3 is 21.1 Å². The van der Waals surface area contributed by atoms with Crippen LogP contribution in [0.2, 0.25) is 0 Å². The van der Waals surface area contributed by atoms with Crippen molar-refractivity contribution in [1.29, 1.82) is 0 Å². The van der Waals surface area contributed by atoms with E-state index in [-0.39, 0.29) is 23.7 Å². The van der Waals surface area contributed by atoms with Crippen molar-refractivity contribution >= 4 is 23.3 Å². The summed E-state index contributed by atoms with van der Waals surface area (Å²) in [5.41, 5.74) is 6.43. The molecule has 1 aliphatic heterocycles. The Balaban J connectivity index is 2.01. The highest BCUT2D eigenvalue weighted by Gasteiger charge is 2.18. The number of carbonyl (C=O) groups is 2. The van der Waals surface area contributed by atoms with Gasteiger partial charge in [-0.15, -0.1) is 0 Å². The summed E-state index contributed by atoms with van der Waals surface area (Å²) in [6.45, 7) is 1.73. The Morgan fingerprint density at radius 3 is 2.63 bits per heavy atom. The average Bonchev–Trinajstić information content (AvgIpc) is 2.90. The van der Waals surface area contributed by atoms with Crippen molar-refractivity contribution in [3.05, 3.63) is 23.8 Å². The van der Waals surface area contributed by atoms with E-state index in [0.717, 1.165) is 25.9 Å². The number of carbonyl (C=O) groups excluding carboxylic acids is 1. The zero-order chi connectivity index (χ0) is 13.8. The van der Waals surface area contributed by atoms with Crippen molar-refractivity contribution in [2.75, 3.05) is 30.7 Å². The molecule has 0 radical (unpaired) electrons. The number of carboxylic acids is 1. The summed E-state index contributed by atoms with van der Waals surface area (Å²) in [7, 11) is 0. The number of aromatic carboxylic acids is 1. The zero-order valence-electron chi connectivity index (χ0n) is 10.6. The van der Waals surface area contributed by atoms with E-state index in [1.165, 1.54) is 6.07 Å². The number of rotatable bonds is 4. The normalized spacial score (nSPS) is 14.4. The van der Waals surface area contributed by atoms with Gasteiger partial charge >= 0.3 is 5.97 Å². The van der Waals surface area contributed by atoms with Crippen LogP contribution in [0.15, 0.2) is 18.2 Å². The van der Waals surface area contributed by atoms with Crippen molar-refractivity contribution in [3.63, 3.8) is 0 Å². The molecule has 1 heterocycles. The highest BCUT2D eigenvalue weighted by atomic mass is 16.4. The molecule has 1 aliphatic rings. The zero-order valence-corrected chi connectivity index (χ0v) is 10.6. The van der Waals surface area contributed by atoms with Gasteiger partial charge in [-0.3, -0.25) is 4.79 Å². The molecule has 0 bridgehead atoms. The number of anilines is 2. The Hall–Kier alpha value is -2.24. The van der Waals surface area contributed by atoms with Gasteiger partial charge in [0.1, 0.15) is 0 Å². The number of amides is 1. The third kappa shape index (κ3) is 2.96. The van der Waals surface area contributed by atoms with Crippen LogP contribution in [0.3, 0.4) is 0 Å². The van der Waals surface area contributed by atoms with Gasteiger partial charge in [-0.05, 0) is 25.0 Å². The predicted molar refractivity (Wildman–Crippen MR) is 72.1 cm³/mol. The van der Waals surface area contributed by atoms with Crippen molar-refractivity contribution < 1.29 is 14.7 Å². The van der Waals surface area contributed by atoms with Crippen molar-refractivity contribution in [3.8, 4) is 0 Å². The van der Waals surface area contributed by atoms with Gasteiger partial charge in [0.05, 0.1) is 23.5 Å². The van der Waals surface area contributed by atoms with Crippen LogP contribution in [0, 0.1) is 0 Å². The molecule has 19 heavy (non-hydrogen) atoms. The molecule has 102 valence electrons. The highest BCUT2D eigenvalue weighted by Crippen LogP contribution is 2.22. The Labute approximate surface area is 111 Å². The summed E-state index contributed by atoms with van der Waals surface area (Å²) < 4.78 is 0. The van der Waals surface area contributed by atoms with Gasteiger partial charge in [-0.25, -0.2) is 4.79 Å². The fourth-order valence-corrected chi connectivity index (χ4v) is 2.16. The highest BCUT2D eigenvalue weighted by molar-refractivity contribution is 5.97. The van der Waals surface area contributed by atoms with E-state index in [2.05, 4.69) is 5.32 Å². The van der Waals surface area contributed by atoms with Crippen LogP contribution in [-0.4, -0.2) is 41.5 Å². The molecule has 2 rings (SSSR count). The minimum absolute atomic E-state index is 0.0117. The maximum Gasteiger partial charge on any atom is 0.337 e. The van der Waals surface area contributed by atoms with Crippen molar-refractivity contribution in [2.45, 2.75) is 12.8 Å². The number of hydrogen-bond donors (Lipinski definition) is 3. The number of nitrogens with two attached hydrogens (primary N) is 1. The van der Waals surface area contributed by atoms with E-state index in [1.54, 1.807) is 17.0 Å². The summed E-state index contributed by atoms with van der Waals surface area (Å²) in [5.74, 6) is -1.07. The second-order valence-electron chi connectivity index (χ2n) is 4.51. The number of para-hydroxylation sites is 1. The minimum atomic E-state index is -1.08. The third-order valence-electron chi connectivity index (χ3n) is 3.23. The lowest BCUT2D eigenvalue weighted by Crippen LogP contribution is -2.33. The lowest BCUT2D eigenvalue weighted by molar-refractivity contribution is -0.128. The van der Waals surface area contributed by atoms with E-state index in [0.29, 0.717) is 5.69 Å². The Kier molecular flexibility index (Phi) is 3.89. The molecule has 1 saturated heterocycles. The van der Waals surface area contributed by atoms with E-state index < -0.39 is 5.97 Å². The topological polar surface area (TPSA) is 95.7 Å². The maximum atomic E-state index is 11.9. The molecule has 1 aromatic rings. The number of benzene rings is 1. The summed E-state index contributed by atoms with van der Waals surface area (Å²) in [5, 5.41) is 11.9. The molecule has 0 spiro atoms. The smallest absolute Gasteiger partial charge is 0.337 e. The number of nitrogens with zero attached hydrogens (tertiary/aromatic N) is 1. The molecule has 4 N–H and O–H groups in total. The lowest BCUT2D eigenvalue weighted by atomic mass is 10.1. The van der Waals surface area contributed by atoms with Crippen LogP contribution in [-0.2, 0) is 4.79 Å². The molecule has 1 amide bonds. The third-order valence-corrected chi connectivity index (χ3v) is 3.23. The van der Waals surface area contributed by atoms with Crippen LogP contribution >= 0.6 is 0 Å². The summed E-state index contributed by atoms with van der Waals surface area (Å²) >= 11 is 0. The number of nitrogens with one attached hydrogen (secondary N) is 1. The summed E-state index contributed by atoms with van der Waals surface area (Å²) in [6.07, 6.45) is 2.09. The van der Waals surface area contributed by atoms with E-state index in [9.17, 15) is 9.59 Å². The Morgan fingerprint density at radius 1 is 1.32 bits per heavy atom. The Morgan fingerprint density at radius 2 is 2.00 bits per heavy atom. The average molecular weight is 263 g/mol. The SMILES string of the molecule is Nc1c(NCC(=O)N2CCCC2)cccc1C(=O)O. The maximum absolute atomic E-state index is 11.9. The first-order valence-electron chi connectivity index (χ1n) is 6.23. The molecular formula is C13H17N3O3. The van der Waals surface area contributed by atoms with E-state index >= 15 is 0 Å². The number of likely N-dealkylation sites (tertiary alicyclic amines) is 1. The molecule has 0 atom stereocenters.